The van der Waals surface area contributed by atoms with Crippen molar-refractivity contribution in [3.63, 3.8) is 0 Å². The monoisotopic (exact) mass is 690 g/mol. The van der Waals surface area contributed by atoms with E-state index in [2.05, 4.69) is 19.2 Å². The van der Waals surface area contributed by atoms with Gasteiger partial charge < -0.3 is 24.1 Å². The Labute approximate surface area is 298 Å². The first-order chi connectivity index (χ1) is 23.6. The highest BCUT2D eigenvalue weighted by molar-refractivity contribution is 6.62. The summed E-state index contributed by atoms with van der Waals surface area (Å²) in [7, 11) is -0.574. The SMILES string of the molecule is CC.CC.CC(C)Cc1ccc(C(C)C(=O)NC(C)C(OC(=O)Oc2ccc([N+](=O)[O-])cc2)c2ccc(B3OC(C)(C)C(C)(C)O3)cc2)cc1. The number of carbonyl (C=O) groups excluding carboxylic acids is 2. The van der Waals surface area contributed by atoms with Crippen molar-refractivity contribution in [3.05, 3.63) is 99.6 Å². The van der Waals surface area contributed by atoms with Crippen LogP contribution in [0.15, 0.2) is 72.8 Å². The van der Waals surface area contributed by atoms with Gasteiger partial charge in [0.25, 0.3) is 5.69 Å². The number of ether oxygens (including phenoxy) is 2. The van der Waals surface area contributed by atoms with Gasteiger partial charge in [0.05, 0.1) is 28.1 Å². The molecule has 3 aromatic rings. The number of nitro groups is 1. The average molecular weight is 691 g/mol. The molecule has 3 atom stereocenters. The molecule has 0 radical (unpaired) electrons. The Bertz CT molecular complexity index is 1510. The van der Waals surface area contributed by atoms with E-state index in [9.17, 15) is 19.7 Å². The third-order valence-corrected chi connectivity index (χ3v) is 8.60. The Hall–Kier alpha value is -4.22. The number of non-ortho nitro benzene ring substituents is 1. The zero-order chi connectivity index (χ0) is 37.8. The van der Waals surface area contributed by atoms with E-state index in [-0.39, 0.29) is 17.3 Å². The Kier molecular flexibility index (Phi) is 15.7. The first-order valence-electron chi connectivity index (χ1n) is 17.5. The third kappa shape index (κ3) is 11.1. The van der Waals surface area contributed by atoms with Gasteiger partial charge in [-0.3, -0.25) is 14.9 Å². The van der Waals surface area contributed by atoms with E-state index < -0.39 is 47.5 Å². The van der Waals surface area contributed by atoms with E-state index in [1.165, 1.54) is 29.8 Å². The second-order valence-electron chi connectivity index (χ2n) is 13.3. The fourth-order valence-electron chi connectivity index (χ4n) is 5.13. The van der Waals surface area contributed by atoms with E-state index in [0.717, 1.165) is 17.4 Å². The van der Waals surface area contributed by atoms with Gasteiger partial charge in [0, 0.05) is 12.1 Å². The predicted molar refractivity (Wildman–Crippen MR) is 199 cm³/mol. The second kappa shape index (κ2) is 18.7. The van der Waals surface area contributed by atoms with Crippen LogP contribution in [0.25, 0.3) is 0 Å². The molecule has 10 nitrogen and oxygen atoms in total. The zero-order valence-corrected chi connectivity index (χ0v) is 31.7. The van der Waals surface area contributed by atoms with Crippen LogP contribution in [0.2, 0.25) is 0 Å². The van der Waals surface area contributed by atoms with Gasteiger partial charge in [-0.25, -0.2) is 4.79 Å². The normalized spacial score (nSPS) is 16.1. The van der Waals surface area contributed by atoms with E-state index >= 15 is 0 Å². The lowest BCUT2D eigenvalue weighted by Gasteiger charge is -2.32. The lowest BCUT2D eigenvalue weighted by molar-refractivity contribution is -0.384. The van der Waals surface area contributed by atoms with Crippen molar-refractivity contribution in [2.45, 2.75) is 119 Å². The number of carbonyl (C=O) groups is 2. The summed E-state index contributed by atoms with van der Waals surface area (Å²) in [6.07, 6.45) is -0.994. The molecule has 1 saturated heterocycles. The first-order valence-corrected chi connectivity index (χ1v) is 17.5. The maximum absolute atomic E-state index is 13.4. The predicted octanol–water partition coefficient (Wildman–Crippen LogP) is 8.71. The highest BCUT2D eigenvalue weighted by Gasteiger charge is 2.51. The molecule has 0 aromatic heterocycles. The summed E-state index contributed by atoms with van der Waals surface area (Å²) in [6.45, 7) is 23.8. The van der Waals surface area contributed by atoms with E-state index in [1.807, 2.05) is 98.7 Å². The summed E-state index contributed by atoms with van der Waals surface area (Å²) in [4.78, 5) is 36.8. The molecule has 3 unspecified atom stereocenters. The second-order valence-corrected chi connectivity index (χ2v) is 13.3. The fraction of sp³-hybridized carbons (Fsp3) is 0.487. The van der Waals surface area contributed by atoms with Crippen LogP contribution in [0.4, 0.5) is 10.5 Å². The van der Waals surface area contributed by atoms with Crippen molar-refractivity contribution in [2.24, 2.45) is 5.92 Å². The molecule has 1 amide bonds. The molecule has 1 fully saturated rings. The van der Waals surface area contributed by atoms with Crippen LogP contribution < -0.4 is 15.5 Å². The number of amides is 1. The minimum atomic E-state index is -1.02. The Morgan fingerprint density at radius 2 is 1.30 bits per heavy atom. The molecule has 1 N–H and O–H groups in total. The average Bonchev–Trinajstić information content (AvgIpc) is 3.31. The van der Waals surface area contributed by atoms with Gasteiger partial charge in [0.2, 0.25) is 5.91 Å². The Balaban J connectivity index is 0.00000209. The number of nitrogens with zero attached hydrogens (tertiary/aromatic N) is 1. The summed E-state index contributed by atoms with van der Waals surface area (Å²) < 4.78 is 23.4. The van der Waals surface area contributed by atoms with E-state index in [0.29, 0.717) is 11.5 Å². The summed E-state index contributed by atoms with van der Waals surface area (Å²) in [5, 5.41) is 14.0. The molecule has 272 valence electrons. The van der Waals surface area contributed by atoms with Crippen molar-refractivity contribution >= 4 is 30.3 Å². The van der Waals surface area contributed by atoms with Crippen LogP contribution >= 0.6 is 0 Å². The van der Waals surface area contributed by atoms with Crippen LogP contribution in [0.5, 0.6) is 5.75 Å². The van der Waals surface area contributed by atoms with Crippen molar-refractivity contribution in [2.75, 3.05) is 0 Å². The first kappa shape index (κ1) is 42.0. The summed E-state index contributed by atoms with van der Waals surface area (Å²) in [6, 6.07) is 19.7. The molecule has 4 rings (SSSR count). The quantitative estimate of drug-likeness (QED) is 0.0696. The maximum Gasteiger partial charge on any atom is 0.514 e. The highest BCUT2D eigenvalue weighted by Crippen LogP contribution is 2.36. The number of benzene rings is 3. The molecule has 11 heteroatoms. The lowest BCUT2D eigenvalue weighted by Crippen LogP contribution is -2.41. The van der Waals surface area contributed by atoms with Gasteiger partial charge >= 0.3 is 13.3 Å². The fourth-order valence-corrected chi connectivity index (χ4v) is 5.13. The smallest absolute Gasteiger partial charge is 0.424 e. The minimum absolute atomic E-state index is 0.0803. The van der Waals surface area contributed by atoms with Gasteiger partial charge in [-0.15, -0.1) is 0 Å². The summed E-state index contributed by atoms with van der Waals surface area (Å²) in [5.74, 6) is -0.0663. The molecule has 0 aliphatic carbocycles. The Morgan fingerprint density at radius 1 is 0.800 bits per heavy atom. The molecule has 50 heavy (non-hydrogen) atoms. The number of hydrogen-bond donors (Lipinski definition) is 1. The molecular formula is C39H55BN2O8. The molecule has 1 aliphatic rings. The van der Waals surface area contributed by atoms with Gasteiger partial charge in [0.15, 0.2) is 6.10 Å². The third-order valence-electron chi connectivity index (χ3n) is 8.60. The van der Waals surface area contributed by atoms with Crippen LogP contribution in [0.3, 0.4) is 0 Å². The molecule has 1 aliphatic heterocycles. The molecule has 1 heterocycles. The topological polar surface area (TPSA) is 126 Å². The number of nitrogens with one attached hydrogen (secondary N) is 1. The van der Waals surface area contributed by atoms with Crippen LogP contribution in [-0.2, 0) is 25.3 Å². The molecule has 0 bridgehead atoms. The molecule has 0 saturated carbocycles. The maximum atomic E-state index is 13.4. The largest absolute Gasteiger partial charge is 0.514 e. The van der Waals surface area contributed by atoms with Crippen molar-refractivity contribution in [1.82, 2.24) is 5.32 Å². The number of nitro benzene ring substituents is 1. The van der Waals surface area contributed by atoms with Gasteiger partial charge in [-0.05, 0) is 88.2 Å². The standard InChI is InChI=1S/C35H43BN2O8.2C2H6/c1-22(2)21-25-9-11-26(12-10-25)23(3)32(39)37-24(4)31(44-33(40)43-30-19-17-29(18-20-30)38(41)42)27-13-15-28(16-14-27)36-45-34(5,6)35(7,8)46-36;2*1-2/h9-20,22-24,31H,21H2,1-8H3,(H,37,39);2*1-2H3. The van der Waals surface area contributed by atoms with Crippen molar-refractivity contribution in [3.8, 4) is 5.75 Å². The van der Waals surface area contributed by atoms with Gasteiger partial charge in [-0.2, -0.15) is 0 Å². The van der Waals surface area contributed by atoms with Crippen LogP contribution in [-0.4, -0.2) is 41.3 Å². The highest BCUT2D eigenvalue weighted by atomic mass is 16.7. The molecule has 0 spiro atoms. The van der Waals surface area contributed by atoms with E-state index in [1.54, 1.807) is 19.1 Å². The zero-order valence-electron chi connectivity index (χ0n) is 31.7. The van der Waals surface area contributed by atoms with Crippen molar-refractivity contribution in [1.29, 1.82) is 0 Å². The van der Waals surface area contributed by atoms with E-state index in [4.69, 9.17) is 18.8 Å². The number of rotatable bonds is 11. The van der Waals surface area contributed by atoms with Gasteiger partial charge in [-0.1, -0.05) is 90.1 Å². The Morgan fingerprint density at radius 3 is 1.78 bits per heavy atom. The summed E-state index contributed by atoms with van der Waals surface area (Å²) in [5.41, 5.74) is 2.34. The summed E-state index contributed by atoms with van der Waals surface area (Å²) >= 11 is 0. The molecular weight excluding hydrogens is 635 g/mol. The minimum Gasteiger partial charge on any atom is -0.424 e. The van der Waals surface area contributed by atoms with Crippen LogP contribution in [0.1, 0.15) is 112 Å². The van der Waals surface area contributed by atoms with Crippen LogP contribution in [0, 0.1) is 16.0 Å². The lowest BCUT2D eigenvalue weighted by atomic mass is 9.78. The van der Waals surface area contributed by atoms with Crippen molar-refractivity contribution < 1.29 is 33.3 Å². The van der Waals surface area contributed by atoms with Gasteiger partial charge in [0.1, 0.15) is 5.75 Å². The molecule has 3 aromatic carbocycles. The number of hydrogen-bond acceptors (Lipinski definition) is 8.